The van der Waals surface area contributed by atoms with E-state index in [0.29, 0.717) is 19.4 Å². The fourth-order valence-corrected chi connectivity index (χ4v) is 2.56. The Balaban J connectivity index is 5.46. The van der Waals surface area contributed by atoms with Gasteiger partial charge in [0.05, 0.1) is 12.5 Å². The van der Waals surface area contributed by atoms with Crippen LogP contribution in [0.15, 0.2) is 0 Å². The van der Waals surface area contributed by atoms with Crippen LogP contribution in [0.2, 0.25) is 0 Å². The molecule has 4 atom stereocenters. The lowest BCUT2D eigenvalue weighted by molar-refractivity contribution is -0.142. The average Bonchev–Trinajstić information content (AvgIpc) is 2.68. The number of hydrogen-bond acceptors (Lipinski definition) is 8. The van der Waals surface area contributed by atoms with Crippen LogP contribution in [0.25, 0.3) is 0 Å². The second-order valence-electron chi connectivity index (χ2n) is 7.27. The first kappa shape index (κ1) is 28.7. The molecule has 32 heavy (non-hydrogen) atoms. The number of carboxylic acids is 1. The van der Waals surface area contributed by atoms with Crippen molar-refractivity contribution < 1.29 is 33.9 Å². The number of carbonyl (C=O) groups is 6. The molecule has 14 heteroatoms. The number of carbonyl (C=O) groups excluding carboxylic acids is 5. The van der Waals surface area contributed by atoms with Gasteiger partial charge in [0.25, 0.3) is 0 Å². The van der Waals surface area contributed by atoms with Crippen molar-refractivity contribution in [2.24, 2.45) is 22.9 Å². The molecule has 182 valence electrons. The van der Waals surface area contributed by atoms with Crippen molar-refractivity contribution in [3.63, 3.8) is 0 Å². The zero-order valence-corrected chi connectivity index (χ0v) is 18.0. The number of unbranched alkanes of at least 4 members (excludes halogenated alkanes) is 1. The van der Waals surface area contributed by atoms with Crippen LogP contribution in [-0.4, -0.2) is 71.3 Å². The molecule has 0 aliphatic carbocycles. The standard InChI is InChI=1S/C18H33N7O7/c1-9(20)15(28)25-12(8-14(22)27)17(30)23-10(5-6-13(21)26)16(29)24-11(18(31)32)4-2-3-7-19/h9-12H,2-8,19-20H2,1H3,(H2,21,26)(H2,22,27)(H,23,30)(H,24,29)(H,25,28)(H,31,32). The molecule has 0 aliphatic rings. The van der Waals surface area contributed by atoms with Crippen molar-refractivity contribution in [2.45, 2.75) is 69.6 Å². The number of nitrogens with two attached hydrogens (primary N) is 4. The van der Waals surface area contributed by atoms with Crippen molar-refractivity contribution in [2.75, 3.05) is 6.54 Å². The molecular weight excluding hydrogens is 426 g/mol. The number of aliphatic carboxylic acids is 1. The summed E-state index contributed by atoms with van der Waals surface area (Å²) in [7, 11) is 0. The Bertz CT molecular complexity index is 699. The predicted octanol–water partition coefficient (Wildman–Crippen LogP) is -3.86. The molecule has 0 aromatic heterocycles. The maximum Gasteiger partial charge on any atom is 0.326 e. The summed E-state index contributed by atoms with van der Waals surface area (Å²) in [4.78, 5) is 71.0. The largest absolute Gasteiger partial charge is 0.480 e. The van der Waals surface area contributed by atoms with Crippen LogP contribution in [0, 0.1) is 0 Å². The van der Waals surface area contributed by atoms with Crippen LogP contribution in [0.3, 0.4) is 0 Å². The van der Waals surface area contributed by atoms with Crippen molar-refractivity contribution in [1.29, 1.82) is 0 Å². The van der Waals surface area contributed by atoms with Crippen LogP contribution in [0.4, 0.5) is 0 Å². The van der Waals surface area contributed by atoms with Gasteiger partial charge in [0.15, 0.2) is 0 Å². The molecule has 0 radical (unpaired) electrons. The highest BCUT2D eigenvalue weighted by molar-refractivity contribution is 5.96. The fourth-order valence-electron chi connectivity index (χ4n) is 2.56. The molecular formula is C18H33N7O7. The van der Waals surface area contributed by atoms with Gasteiger partial charge >= 0.3 is 5.97 Å². The second kappa shape index (κ2) is 14.7. The van der Waals surface area contributed by atoms with Crippen molar-refractivity contribution in [1.82, 2.24) is 16.0 Å². The van der Waals surface area contributed by atoms with E-state index in [9.17, 15) is 33.9 Å². The van der Waals surface area contributed by atoms with E-state index in [-0.39, 0.29) is 19.3 Å². The average molecular weight is 460 g/mol. The molecule has 0 aromatic rings. The zero-order chi connectivity index (χ0) is 24.8. The molecule has 0 heterocycles. The van der Waals surface area contributed by atoms with E-state index in [2.05, 4.69) is 16.0 Å². The van der Waals surface area contributed by atoms with Crippen molar-refractivity contribution in [3.8, 4) is 0 Å². The Morgan fingerprint density at radius 2 is 1.31 bits per heavy atom. The van der Waals surface area contributed by atoms with Crippen molar-refractivity contribution in [3.05, 3.63) is 0 Å². The summed E-state index contributed by atoms with van der Waals surface area (Å²) in [6, 6.07) is -5.04. The van der Waals surface area contributed by atoms with Gasteiger partial charge in [0, 0.05) is 6.42 Å². The van der Waals surface area contributed by atoms with E-state index >= 15 is 0 Å². The molecule has 0 saturated carbocycles. The Labute approximate surface area is 185 Å². The van der Waals surface area contributed by atoms with Gasteiger partial charge in [-0.3, -0.25) is 24.0 Å². The molecule has 0 saturated heterocycles. The topological polar surface area (TPSA) is 263 Å². The number of primary amides is 2. The van der Waals surface area contributed by atoms with Crippen LogP contribution < -0.4 is 38.9 Å². The summed E-state index contributed by atoms with van der Waals surface area (Å²) in [5.41, 5.74) is 21.0. The first-order valence-corrected chi connectivity index (χ1v) is 10.0. The summed E-state index contributed by atoms with van der Waals surface area (Å²) >= 11 is 0. The predicted molar refractivity (Wildman–Crippen MR) is 112 cm³/mol. The molecule has 0 rings (SSSR count). The highest BCUT2D eigenvalue weighted by Gasteiger charge is 2.30. The lowest BCUT2D eigenvalue weighted by Crippen LogP contribution is -2.57. The number of rotatable bonds is 16. The summed E-state index contributed by atoms with van der Waals surface area (Å²) < 4.78 is 0. The first-order valence-electron chi connectivity index (χ1n) is 10.0. The molecule has 0 spiro atoms. The Kier molecular flexibility index (Phi) is 13.2. The lowest BCUT2D eigenvalue weighted by atomic mass is 10.1. The molecule has 4 unspecified atom stereocenters. The smallest absolute Gasteiger partial charge is 0.326 e. The molecule has 0 bridgehead atoms. The third-order valence-electron chi connectivity index (χ3n) is 4.33. The molecule has 14 nitrogen and oxygen atoms in total. The third kappa shape index (κ3) is 11.8. The Morgan fingerprint density at radius 1 is 0.781 bits per heavy atom. The van der Waals surface area contributed by atoms with E-state index in [1.807, 2.05) is 0 Å². The van der Waals surface area contributed by atoms with Gasteiger partial charge in [-0.15, -0.1) is 0 Å². The summed E-state index contributed by atoms with van der Waals surface area (Å²) in [6.07, 6.45) is -0.0249. The van der Waals surface area contributed by atoms with Crippen LogP contribution >= 0.6 is 0 Å². The second-order valence-corrected chi connectivity index (χ2v) is 7.27. The van der Waals surface area contributed by atoms with Gasteiger partial charge in [-0.05, 0) is 39.2 Å². The maximum atomic E-state index is 12.6. The number of amides is 5. The first-order chi connectivity index (χ1) is 14.9. The van der Waals surface area contributed by atoms with Gasteiger partial charge in [0.2, 0.25) is 29.5 Å². The van der Waals surface area contributed by atoms with Gasteiger partial charge < -0.3 is 44.0 Å². The van der Waals surface area contributed by atoms with E-state index in [1.165, 1.54) is 6.92 Å². The quantitative estimate of drug-likeness (QED) is 0.105. The molecule has 5 amide bonds. The number of carboxylic acid groups (broad SMARTS) is 1. The highest BCUT2D eigenvalue weighted by atomic mass is 16.4. The molecule has 0 aromatic carbocycles. The van der Waals surface area contributed by atoms with Gasteiger partial charge in [-0.1, -0.05) is 0 Å². The third-order valence-corrected chi connectivity index (χ3v) is 4.33. The van der Waals surface area contributed by atoms with Gasteiger partial charge in [0.1, 0.15) is 18.1 Å². The van der Waals surface area contributed by atoms with E-state index in [0.717, 1.165) is 0 Å². The number of hydrogen-bond donors (Lipinski definition) is 8. The summed E-state index contributed by atoms with van der Waals surface area (Å²) in [5, 5.41) is 16.2. The van der Waals surface area contributed by atoms with Crippen LogP contribution in [0.5, 0.6) is 0 Å². The minimum Gasteiger partial charge on any atom is -0.480 e. The molecule has 0 fully saturated rings. The van der Waals surface area contributed by atoms with Crippen LogP contribution in [0.1, 0.15) is 45.4 Å². The highest BCUT2D eigenvalue weighted by Crippen LogP contribution is 2.05. The minimum absolute atomic E-state index is 0.101. The molecule has 0 aliphatic heterocycles. The van der Waals surface area contributed by atoms with Crippen molar-refractivity contribution >= 4 is 35.5 Å². The number of nitrogens with one attached hydrogen (secondary N) is 3. The Morgan fingerprint density at radius 3 is 1.78 bits per heavy atom. The van der Waals surface area contributed by atoms with E-state index < -0.39 is 66.1 Å². The monoisotopic (exact) mass is 459 g/mol. The lowest BCUT2D eigenvalue weighted by Gasteiger charge is -2.24. The fraction of sp³-hybridized carbons (Fsp3) is 0.667. The van der Waals surface area contributed by atoms with Gasteiger partial charge in [-0.2, -0.15) is 0 Å². The van der Waals surface area contributed by atoms with Crippen LogP contribution in [-0.2, 0) is 28.8 Å². The summed E-state index contributed by atoms with van der Waals surface area (Å²) in [5.74, 6) is -5.51. The normalized spacial score (nSPS) is 14.3. The van der Waals surface area contributed by atoms with Gasteiger partial charge in [-0.25, -0.2) is 4.79 Å². The Hall–Kier alpha value is -3.26. The minimum atomic E-state index is -1.44. The summed E-state index contributed by atoms with van der Waals surface area (Å²) in [6.45, 7) is 1.71. The SMILES string of the molecule is CC(N)C(=O)NC(CC(N)=O)C(=O)NC(CCC(N)=O)C(=O)NC(CCCCN)C(=O)O. The molecule has 12 N–H and O–H groups in total. The maximum absolute atomic E-state index is 12.6. The zero-order valence-electron chi connectivity index (χ0n) is 18.0. The van der Waals surface area contributed by atoms with E-state index in [4.69, 9.17) is 22.9 Å². The van der Waals surface area contributed by atoms with E-state index in [1.54, 1.807) is 0 Å².